The van der Waals surface area contributed by atoms with Gasteiger partial charge in [-0.2, -0.15) is 10.2 Å². The number of aromatic nitrogens is 4. The van der Waals surface area contributed by atoms with E-state index < -0.39 is 0 Å². The van der Waals surface area contributed by atoms with Crippen LogP contribution in [-0.4, -0.2) is 19.6 Å². The highest BCUT2D eigenvalue weighted by Gasteiger charge is 2.18. The summed E-state index contributed by atoms with van der Waals surface area (Å²) in [7, 11) is 1.93. The molecule has 2 aromatic heterocycles. The molecule has 0 aromatic carbocycles. The molecule has 1 atom stereocenters. The van der Waals surface area contributed by atoms with Gasteiger partial charge < -0.3 is 0 Å². The molecule has 0 aliphatic carbocycles. The number of nitrogens with zero attached hydrogens (tertiary/aromatic N) is 4. The molecule has 2 rings (SSSR count). The largest absolute Gasteiger partial charge is 0.273 e. The molecule has 0 amide bonds. The quantitative estimate of drug-likeness (QED) is 0.605. The lowest BCUT2D eigenvalue weighted by Gasteiger charge is -2.14. The lowest BCUT2D eigenvalue weighted by Crippen LogP contribution is -2.30. The van der Waals surface area contributed by atoms with Gasteiger partial charge in [0, 0.05) is 25.4 Å². The SMILES string of the molecule is CCc1cc(C(NN)c2cnn(CC)c2)n(C)n1. The van der Waals surface area contributed by atoms with Crippen molar-refractivity contribution in [3.63, 3.8) is 0 Å². The van der Waals surface area contributed by atoms with Crippen LogP contribution in [0.3, 0.4) is 0 Å². The Morgan fingerprint density at radius 2 is 2.22 bits per heavy atom. The summed E-state index contributed by atoms with van der Waals surface area (Å²) in [5.74, 6) is 5.68. The third-order valence-corrected chi connectivity index (χ3v) is 3.10. The summed E-state index contributed by atoms with van der Waals surface area (Å²) in [6.07, 6.45) is 4.76. The van der Waals surface area contributed by atoms with Gasteiger partial charge in [-0.1, -0.05) is 6.92 Å². The lowest BCUT2D eigenvalue weighted by atomic mass is 10.1. The predicted molar refractivity (Wildman–Crippen MR) is 69.7 cm³/mol. The highest BCUT2D eigenvalue weighted by Crippen LogP contribution is 2.21. The van der Waals surface area contributed by atoms with Crippen LogP contribution < -0.4 is 11.3 Å². The Morgan fingerprint density at radius 3 is 2.72 bits per heavy atom. The number of hydrazine groups is 1. The monoisotopic (exact) mass is 248 g/mol. The van der Waals surface area contributed by atoms with E-state index in [1.165, 1.54) is 0 Å². The van der Waals surface area contributed by atoms with Gasteiger partial charge in [-0.05, 0) is 19.4 Å². The van der Waals surface area contributed by atoms with Gasteiger partial charge in [-0.15, -0.1) is 0 Å². The van der Waals surface area contributed by atoms with Crippen LogP contribution in [0.5, 0.6) is 0 Å². The number of aryl methyl sites for hydroxylation is 3. The van der Waals surface area contributed by atoms with Crippen molar-refractivity contribution in [1.29, 1.82) is 0 Å². The molecule has 0 aliphatic heterocycles. The van der Waals surface area contributed by atoms with Crippen molar-refractivity contribution in [1.82, 2.24) is 25.0 Å². The Balaban J connectivity index is 2.34. The second-order valence-corrected chi connectivity index (χ2v) is 4.27. The van der Waals surface area contributed by atoms with Gasteiger partial charge >= 0.3 is 0 Å². The van der Waals surface area contributed by atoms with E-state index in [0.29, 0.717) is 0 Å². The first-order valence-corrected chi connectivity index (χ1v) is 6.20. The minimum Gasteiger partial charge on any atom is -0.273 e. The minimum absolute atomic E-state index is 0.0805. The molecule has 2 heterocycles. The highest BCUT2D eigenvalue weighted by atomic mass is 15.3. The summed E-state index contributed by atoms with van der Waals surface area (Å²) in [5.41, 5.74) is 5.99. The number of nitrogens with two attached hydrogens (primary N) is 1. The average molecular weight is 248 g/mol. The smallest absolute Gasteiger partial charge is 0.0908 e. The third kappa shape index (κ3) is 2.30. The molecule has 0 saturated heterocycles. The topological polar surface area (TPSA) is 73.7 Å². The summed E-state index contributed by atoms with van der Waals surface area (Å²) < 4.78 is 3.75. The Hall–Kier alpha value is -1.66. The molecule has 0 aliphatic rings. The first kappa shape index (κ1) is 12.8. The molecule has 0 saturated carbocycles. The normalized spacial score (nSPS) is 12.9. The maximum Gasteiger partial charge on any atom is 0.0908 e. The van der Waals surface area contributed by atoms with Crippen LogP contribution >= 0.6 is 0 Å². The molecule has 3 N–H and O–H groups in total. The Kier molecular flexibility index (Phi) is 3.78. The van der Waals surface area contributed by atoms with Gasteiger partial charge in [0.05, 0.1) is 23.6 Å². The first-order chi connectivity index (χ1) is 8.69. The van der Waals surface area contributed by atoms with Crippen LogP contribution in [0.2, 0.25) is 0 Å². The van der Waals surface area contributed by atoms with Crippen molar-refractivity contribution in [3.8, 4) is 0 Å². The van der Waals surface area contributed by atoms with Crippen LogP contribution in [0, 0.1) is 0 Å². The summed E-state index contributed by atoms with van der Waals surface area (Å²) >= 11 is 0. The van der Waals surface area contributed by atoms with E-state index in [1.54, 1.807) is 0 Å². The first-order valence-electron chi connectivity index (χ1n) is 6.20. The van der Waals surface area contributed by atoms with E-state index in [4.69, 9.17) is 5.84 Å². The molecule has 6 nitrogen and oxygen atoms in total. The Labute approximate surface area is 107 Å². The molecule has 0 bridgehead atoms. The van der Waals surface area contributed by atoms with E-state index in [2.05, 4.69) is 35.5 Å². The van der Waals surface area contributed by atoms with E-state index in [1.807, 2.05) is 28.8 Å². The zero-order valence-electron chi connectivity index (χ0n) is 11.1. The molecular weight excluding hydrogens is 228 g/mol. The number of hydrogen-bond acceptors (Lipinski definition) is 4. The molecule has 0 spiro atoms. The third-order valence-electron chi connectivity index (χ3n) is 3.10. The molecule has 0 fully saturated rings. The fraction of sp³-hybridized carbons (Fsp3) is 0.500. The van der Waals surface area contributed by atoms with E-state index in [0.717, 1.165) is 29.9 Å². The maximum absolute atomic E-state index is 5.68. The fourth-order valence-corrected chi connectivity index (χ4v) is 2.04. The molecule has 18 heavy (non-hydrogen) atoms. The number of nitrogens with one attached hydrogen (secondary N) is 1. The van der Waals surface area contributed by atoms with Crippen LogP contribution in [0.4, 0.5) is 0 Å². The zero-order chi connectivity index (χ0) is 13.1. The zero-order valence-corrected chi connectivity index (χ0v) is 11.1. The van der Waals surface area contributed by atoms with Crippen LogP contribution in [0.1, 0.15) is 36.8 Å². The molecule has 1 unspecified atom stereocenters. The lowest BCUT2D eigenvalue weighted by molar-refractivity contribution is 0.572. The summed E-state index contributed by atoms with van der Waals surface area (Å²) in [6, 6.07) is 2.00. The second-order valence-electron chi connectivity index (χ2n) is 4.27. The van der Waals surface area contributed by atoms with Gasteiger partial charge in [0.25, 0.3) is 0 Å². The summed E-state index contributed by atoms with van der Waals surface area (Å²) in [6.45, 7) is 5.00. The van der Waals surface area contributed by atoms with Crippen LogP contribution in [-0.2, 0) is 20.0 Å². The van der Waals surface area contributed by atoms with Gasteiger partial charge in [0.2, 0.25) is 0 Å². The van der Waals surface area contributed by atoms with Crippen molar-refractivity contribution in [2.45, 2.75) is 32.9 Å². The minimum atomic E-state index is -0.0805. The van der Waals surface area contributed by atoms with Crippen molar-refractivity contribution in [2.24, 2.45) is 12.9 Å². The van der Waals surface area contributed by atoms with Crippen molar-refractivity contribution >= 4 is 0 Å². The highest BCUT2D eigenvalue weighted by molar-refractivity contribution is 5.25. The number of hydrogen-bond donors (Lipinski definition) is 2. The van der Waals surface area contributed by atoms with Gasteiger partial charge in [-0.3, -0.25) is 15.2 Å². The number of rotatable bonds is 5. The van der Waals surface area contributed by atoms with Crippen LogP contribution in [0.25, 0.3) is 0 Å². The summed E-state index contributed by atoms with van der Waals surface area (Å²) in [5, 5.41) is 8.72. The van der Waals surface area contributed by atoms with E-state index >= 15 is 0 Å². The molecular formula is C12H20N6. The van der Waals surface area contributed by atoms with Gasteiger partial charge in [0.15, 0.2) is 0 Å². The molecule has 0 radical (unpaired) electrons. The van der Waals surface area contributed by atoms with Crippen molar-refractivity contribution in [2.75, 3.05) is 0 Å². The van der Waals surface area contributed by atoms with E-state index in [9.17, 15) is 0 Å². The fourth-order valence-electron chi connectivity index (χ4n) is 2.04. The maximum atomic E-state index is 5.68. The van der Waals surface area contributed by atoms with Crippen LogP contribution in [0.15, 0.2) is 18.5 Å². The second kappa shape index (κ2) is 5.32. The predicted octanol–water partition coefficient (Wildman–Crippen LogP) is 0.752. The van der Waals surface area contributed by atoms with Gasteiger partial charge in [0.1, 0.15) is 0 Å². The Bertz CT molecular complexity index is 512. The van der Waals surface area contributed by atoms with E-state index in [-0.39, 0.29) is 6.04 Å². The van der Waals surface area contributed by atoms with Crippen molar-refractivity contribution in [3.05, 3.63) is 35.4 Å². The van der Waals surface area contributed by atoms with Crippen molar-refractivity contribution < 1.29 is 0 Å². The summed E-state index contributed by atoms with van der Waals surface area (Å²) in [4.78, 5) is 0. The molecule has 98 valence electrons. The molecule has 2 aromatic rings. The Morgan fingerprint density at radius 1 is 1.44 bits per heavy atom. The molecule has 6 heteroatoms. The standard InChI is InChI=1S/C12H20N6/c1-4-10-6-11(17(3)16-10)12(15-13)9-7-14-18(5-2)8-9/h6-8,12,15H,4-5,13H2,1-3H3. The van der Waals surface area contributed by atoms with Gasteiger partial charge in [-0.25, -0.2) is 5.43 Å². The average Bonchev–Trinajstić information content (AvgIpc) is 2.98.